The fourth-order valence-electron chi connectivity index (χ4n) is 4.11. The molecule has 1 aliphatic carbocycles. The predicted octanol–water partition coefficient (Wildman–Crippen LogP) is 4.98. The van der Waals surface area contributed by atoms with E-state index in [9.17, 15) is 15.0 Å². The molecule has 4 aromatic carbocycles. The van der Waals surface area contributed by atoms with Gasteiger partial charge < -0.3 is 10.2 Å². The summed E-state index contributed by atoms with van der Waals surface area (Å²) >= 11 is 0. The summed E-state index contributed by atoms with van der Waals surface area (Å²) in [6, 6.07) is 23.3. The first-order valence-electron chi connectivity index (χ1n) is 9.29. The Kier molecular flexibility index (Phi) is 3.69. The summed E-state index contributed by atoms with van der Waals surface area (Å²) < 4.78 is 0. The summed E-state index contributed by atoms with van der Waals surface area (Å²) in [7, 11) is 0. The molecule has 0 fully saturated rings. The molecule has 0 amide bonds. The summed E-state index contributed by atoms with van der Waals surface area (Å²) in [6.45, 7) is 0. The van der Waals surface area contributed by atoms with E-state index in [1.807, 2.05) is 36.4 Å². The fourth-order valence-corrected chi connectivity index (χ4v) is 4.11. The zero-order valence-corrected chi connectivity index (χ0v) is 15.1. The third-order valence-electron chi connectivity index (χ3n) is 5.52. The standard InChI is InChI=1S/C25H18O3/c26-21-7-3-6-18-14-19-10-11-20(24(27)23(19)25(28)22(18)21)13-15-8-9-16-4-1-2-5-17(16)12-15/h1-12,26-27H,13-14H2. The molecule has 4 aromatic rings. The van der Waals surface area contributed by atoms with Crippen LogP contribution in [0, 0.1) is 0 Å². The molecular formula is C25H18O3. The van der Waals surface area contributed by atoms with Gasteiger partial charge in [-0.05, 0) is 45.5 Å². The highest BCUT2D eigenvalue weighted by atomic mass is 16.3. The van der Waals surface area contributed by atoms with E-state index >= 15 is 0 Å². The monoisotopic (exact) mass is 366 g/mol. The zero-order chi connectivity index (χ0) is 19.3. The SMILES string of the molecule is O=C1c2c(O)cccc2Cc2ccc(Cc3ccc4ccccc4c3)c(O)c21. The van der Waals surface area contributed by atoms with Crippen LogP contribution in [0.5, 0.6) is 11.5 Å². The minimum absolute atomic E-state index is 0.0181. The Hall–Kier alpha value is -3.59. The highest BCUT2D eigenvalue weighted by Gasteiger charge is 2.29. The molecule has 0 atom stereocenters. The second kappa shape index (κ2) is 6.24. The molecule has 0 aliphatic heterocycles. The van der Waals surface area contributed by atoms with Crippen LogP contribution in [-0.4, -0.2) is 16.0 Å². The van der Waals surface area contributed by atoms with Crippen LogP contribution < -0.4 is 0 Å². The van der Waals surface area contributed by atoms with Gasteiger partial charge in [0.05, 0.1) is 11.1 Å². The van der Waals surface area contributed by atoms with Gasteiger partial charge in [0, 0.05) is 6.42 Å². The van der Waals surface area contributed by atoms with E-state index in [0.717, 1.165) is 22.1 Å². The molecule has 0 spiro atoms. The molecule has 0 radical (unpaired) electrons. The molecular weight excluding hydrogens is 348 g/mol. The van der Waals surface area contributed by atoms with Crippen molar-refractivity contribution in [3.8, 4) is 11.5 Å². The first-order valence-corrected chi connectivity index (χ1v) is 9.29. The Labute approximate surface area is 162 Å². The molecule has 3 heteroatoms. The van der Waals surface area contributed by atoms with E-state index in [-0.39, 0.29) is 17.3 Å². The number of hydrogen-bond acceptors (Lipinski definition) is 3. The van der Waals surface area contributed by atoms with E-state index in [4.69, 9.17) is 0 Å². The average molecular weight is 366 g/mol. The molecule has 136 valence electrons. The van der Waals surface area contributed by atoms with E-state index < -0.39 is 0 Å². The molecule has 0 aromatic heterocycles. The maximum absolute atomic E-state index is 13.0. The smallest absolute Gasteiger partial charge is 0.201 e. The number of benzene rings is 4. The molecule has 2 N–H and O–H groups in total. The lowest BCUT2D eigenvalue weighted by Crippen LogP contribution is -2.16. The summed E-state index contributed by atoms with van der Waals surface area (Å²) in [6.07, 6.45) is 1.06. The van der Waals surface area contributed by atoms with Gasteiger partial charge in [-0.1, -0.05) is 66.7 Å². The minimum Gasteiger partial charge on any atom is -0.507 e. The van der Waals surface area contributed by atoms with Crippen molar-refractivity contribution in [1.29, 1.82) is 0 Å². The highest BCUT2D eigenvalue weighted by molar-refractivity contribution is 6.15. The van der Waals surface area contributed by atoms with Crippen LogP contribution in [0.3, 0.4) is 0 Å². The third-order valence-corrected chi connectivity index (χ3v) is 5.52. The van der Waals surface area contributed by atoms with Gasteiger partial charge in [-0.25, -0.2) is 0 Å². The van der Waals surface area contributed by atoms with Crippen LogP contribution >= 0.6 is 0 Å². The number of carbonyl (C=O) groups is 1. The maximum atomic E-state index is 13.0. The number of rotatable bonds is 2. The van der Waals surface area contributed by atoms with Gasteiger partial charge in [0.25, 0.3) is 0 Å². The van der Waals surface area contributed by atoms with Gasteiger partial charge >= 0.3 is 0 Å². The van der Waals surface area contributed by atoms with Crippen molar-refractivity contribution < 1.29 is 15.0 Å². The van der Waals surface area contributed by atoms with Gasteiger partial charge in [-0.2, -0.15) is 0 Å². The van der Waals surface area contributed by atoms with E-state index in [2.05, 4.69) is 24.3 Å². The van der Waals surface area contributed by atoms with Crippen molar-refractivity contribution >= 4 is 16.6 Å². The van der Waals surface area contributed by atoms with Gasteiger partial charge in [-0.3, -0.25) is 4.79 Å². The molecule has 0 unspecified atom stereocenters. The fraction of sp³-hybridized carbons (Fsp3) is 0.0800. The lowest BCUT2D eigenvalue weighted by Gasteiger charge is -2.21. The van der Waals surface area contributed by atoms with Crippen LogP contribution in [0.25, 0.3) is 10.8 Å². The summed E-state index contributed by atoms with van der Waals surface area (Å²) in [5, 5.41) is 23.4. The zero-order valence-electron chi connectivity index (χ0n) is 15.1. The topological polar surface area (TPSA) is 57.5 Å². The number of aromatic hydroxyl groups is 2. The Bertz CT molecular complexity index is 1250. The molecule has 0 saturated heterocycles. The highest BCUT2D eigenvalue weighted by Crippen LogP contribution is 2.38. The van der Waals surface area contributed by atoms with E-state index in [1.54, 1.807) is 6.07 Å². The number of phenolic OH excluding ortho intramolecular Hbond substituents is 2. The largest absolute Gasteiger partial charge is 0.507 e. The Morgan fingerprint density at radius 1 is 0.750 bits per heavy atom. The molecule has 28 heavy (non-hydrogen) atoms. The number of phenols is 2. The van der Waals surface area contributed by atoms with Crippen LogP contribution in [0.2, 0.25) is 0 Å². The molecule has 3 nitrogen and oxygen atoms in total. The number of fused-ring (bicyclic) bond motifs is 3. The summed E-state index contributed by atoms with van der Waals surface area (Å²) in [5.74, 6) is -0.329. The van der Waals surface area contributed by atoms with Gasteiger partial charge in [-0.15, -0.1) is 0 Å². The van der Waals surface area contributed by atoms with Crippen molar-refractivity contribution in [2.24, 2.45) is 0 Å². The second-order valence-corrected chi connectivity index (χ2v) is 7.28. The van der Waals surface area contributed by atoms with Crippen molar-refractivity contribution in [3.63, 3.8) is 0 Å². The minimum atomic E-state index is -0.313. The predicted molar refractivity (Wildman–Crippen MR) is 109 cm³/mol. The number of carbonyl (C=O) groups excluding carboxylic acids is 1. The molecule has 0 bridgehead atoms. The van der Waals surface area contributed by atoms with Crippen molar-refractivity contribution in [2.45, 2.75) is 12.8 Å². The lowest BCUT2D eigenvalue weighted by molar-refractivity contribution is 0.102. The van der Waals surface area contributed by atoms with Crippen molar-refractivity contribution in [3.05, 3.63) is 106 Å². The maximum Gasteiger partial charge on any atom is 0.201 e. The first-order chi connectivity index (χ1) is 13.6. The third kappa shape index (κ3) is 2.55. The van der Waals surface area contributed by atoms with Crippen LogP contribution in [-0.2, 0) is 12.8 Å². The Morgan fingerprint density at radius 2 is 1.54 bits per heavy atom. The van der Waals surface area contributed by atoms with Crippen molar-refractivity contribution in [2.75, 3.05) is 0 Å². The van der Waals surface area contributed by atoms with Gasteiger partial charge in [0.2, 0.25) is 5.78 Å². The van der Waals surface area contributed by atoms with E-state index in [1.165, 1.54) is 11.5 Å². The van der Waals surface area contributed by atoms with Gasteiger partial charge in [0.15, 0.2) is 0 Å². The second-order valence-electron chi connectivity index (χ2n) is 7.28. The van der Waals surface area contributed by atoms with E-state index in [0.29, 0.717) is 29.5 Å². The van der Waals surface area contributed by atoms with Gasteiger partial charge in [0.1, 0.15) is 11.5 Å². The quantitative estimate of drug-likeness (QED) is 0.463. The summed E-state index contributed by atoms with van der Waals surface area (Å²) in [5.41, 5.74) is 3.98. The van der Waals surface area contributed by atoms with Crippen LogP contribution in [0.4, 0.5) is 0 Å². The summed E-state index contributed by atoms with van der Waals surface area (Å²) in [4.78, 5) is 13.0. The first kappa shape index (κ1) is 16.6. The Balaban J connectivity index is 1.56. The van der Waals surface area contributed by atoms with Crippen molar-refractivity contribution in [1.82, 2.24) is 0 Å². The molecule has 0 heterocycles. The number of hydrogen-bond donors (Lipinski definition) is 2. The molecule has 1 aliphatic rings. The normalized spacial score (nSPS) is 12.6. The average Bonchev–Trinajstić information content (AvgIpc) is 2.70. The number of ketones is 1. The Morgan fingerprint density at radius 3 is 2.39 bits per heavy atom. The van der Waals surface area contributed by atoms with Crippen LogP contribution in [0.15, 0.2) is 72.8 Å². The molecule has 0 saturated carbocycles. The molecule has 5 rings (SSSR count). The van der Waals surface area contributed by atoms with Crippen LogP contribution in [0.1, 0.15) is 38.2 Å². The lowest BCUT2D eigenvalue weighted by atomic mass is 9.82.